The summed E-state index contributed by atoms with van der Waals surface area (Å²) in [6.45, 7) is 11.1. The highest BCUT2D eigenvalue weighted by molar-refractivity contribution is 6.09. The van der Waals surface area contributed by atoms with Gasteiger partial charge in [0.15, 0.2) is 0 Å². The molecule has 55 heavy (non-hydrogen) atoms. The smallest absolute Gasteiger partial charge is 0.143 e. The van der Waals surface area contributed by atoms with Crippen molar-refractivity contribution in [3.8, 4) is 44.5 Å². The predicted octanol–water partition coefficient (Wildman–Crippen LogP) is 15.2. The number of rotatable bonds is 3. The van der Waals surface area contributed by atoms with E-state index in [9.17, 15) is 0 Å². The van der Waals surface area contributed by atoms with Gasteiger partial charge in [-0.05, 0) is 88.5 Å². The summed E-state index contributed by atoms with van der Waals surface area (Å²) in [7, 11) is 0. The molecule has 268 valence electrons. The van der Waals surface area contributed by atoms with Gasteiger partial charge in [-0.25, -0.2) is 0 Å². The van der Waals surface area contributed by atoms with Crippen LogP contribution in [0.4, 0.5) is 0 Å². The highest BCUT2D eigenvalue weighted by Crippen LogP contribution is 2.48. The lowest BCUT2D eigenvalue weighted by molar-refractivity contribution is 0.660. The maximum Gasteiger partial charge on any atom is 0.143 e. The summed E-state index contributed by atoms with van der Waals surface area (Å²) >= 11 is 0. The zero-order valence-electron chi connectivity index (χ0n) is 32.3. The fraction of sp³-hybridized carbons (Fsp3) is 0.111. The number of aryl methyl sites for hydroxylation is 3. The summed E-state index contributed by atoms with van der Waals surface area (Å²) < 4.78 is 6.07. The largest absolute Gasteiger partial charge is 0.455 e. The molecule has 1 nitrogen and oxygen atoms in total. The molecule has 0 radical (unpaired) electrons. The first-order valence-electron chi connectivity index (χ1n) is 19.2. The van der Waals surface area contributed by atoms with Crippen molar-refractivity contribution in [3.63, 3.8) is 0 Å². The minimum absolute atomic E-state index is 0.151. The van der Waals surface area contributed by atoms with E-state index < -0.39 is 0 Å². The van der Waals surface area contributed by atoms with Gasteiger partial charge >= 0.3 is 0 Å². The fourth-order valence-electron chi connectivity index (χ4n) is 7.90. The van der Waals surface area contributed by atoms with Crippen molar-refractivity contribution in [2.24, 2.45) is 0 Å². The van der Waals surface area contributed by atoms with E-state index in [4.69, 9.17) is 4.42 Å². The number of benzene rings is 8. The van der Waals surface area contributed by atoms with Crippen molar-refractivity contribution in [1.82, 2.24) is 0 Å². The van der Waals surface area contributed by atoms with Crippen molar-refractivity contribution in [2.45, 2.75) is 40.0 Å². The normalized spacial score (nSPS) is 12.2. The molecule has 0 fully saturated rings. The SMILES string of the molecule is Cc1cc(-c2ccccc2)cc(-c2ccccc2)c1.Cc1ccc(-c2cccc3c2oc2ccccc23)cc1.Cc1ccc2c(c1)C(C)(C)c1ccccc1-2. The van der Waals surface area contributed by atoms with Crippen LogP contribution in [0.2, 0.25) is 0 Å². The second kappa shape index (κ2) is 15.1. The Labute approximate surface area is 325 Å². The first-order chi connectivity index (χ1) is 26.8. The van der Waals surface area contributed by atoms with Gasteiger partial charge in [0.2, 0.25) is 0 Å². The van der Waals surface area contributed by atoms with Crippen molar-refractivity contribution in [2.75, 3.05) is 0 Å². The van der Waals surface area contributed by atoms with E-state index in [2.05, 4.69) is 211 Å². The fourth-order valence-corrected chi connectivity index (χ4v) is 7.90. The number of furan rings is 1. The highest BCUT2D eigenvalue weighted by Gasteiger charge is 2.34. The Morgan fingerprint density at radius 1 is 0.345 bits per heavy atom. The Bertz CT molecular complexity index is 2670. The first kappa shape index (κ1) is 35.6. The van der Waals surface area contributed by atoms with Gasteiger partial charge in [-0.15, -0.1) is 0 Å². The summed E-state index contributed by atoms with van der Waals surface area (Å²) in [5.74, 6) is 0. The van der Waals surface area contributed by atoms with Crippen molar-refractivity contribution >= 4 is 21.9 Å². The molecule has 1 aliphatic carbocycles. The molecule has 0 spiro atoms. The maximum absolute atomic E-state index is 6.07. The molecule has 1 aromatic heterocycles. The molecular formula is C54H46O. The van der Waals surface area contributed by atoms with Crippen LogP contribution in [0.5, 0.6) is 0 Å². The molecular weight excluding hydrogens is 665 g/mol. The van der Waals surface area contributed by atoms with Crippen LogP contribution in [0.25, 0.3) is 66.4 Å². The molecule has 0 atom stereocenters. The van der Waals surface area contributed by atoms with E-state index in [-0.39, 0.29) is 5.41 Å². The molecule has 0 saturated carbocycles. The van der Waals surface area contributed by atoms with Crippen LogP contribution in [-0.2, 0) is 5.41 Å². The van der Waals surface area contributed by atoms with Crippen LogP contribution >= 0.6 is 0 Å². The number of hydrogen-bond donors (Lipinski definition) is 0. The zero-order valence-corrected chi connectivity index (χ0v) is 32.3. The van der Waals surface area contributed by atoms with Crippen LogP contribution in [0.3, 0.4) is 0 Å². The third kappa shape index (κ3) is 7.27. The Balaban J connectivity index is 0.000000117. The number of hydrogen-bond acceptors (Lipinski definition) is 1. The Morgan fingerprint density at radius 3 is 1.58 bits per heavy atom. The van der Waals surface area contributed by atoms with Crippen LogP contribution in [0.1, 0.15) is 41.7 Å². The van der Waals surface area contributed by atoms with Gasteiger partial charge in [-0.2, -0.15) is 0 Å². The molecule has 8 aromatic carbocycles. The lowest BCUT2D eigenvalue weighted by Gasteiger charge is -2.21. The molecule has 1 aliphatic rings. The second-order valence-electron chi connectivity index (χ2n) is 15.2. The quantitative estimate of drug-likeness (QED) is 0.178. The third-order valence-electron chi connectivity index (χ3n) is 10.8. The van der Waals surface area contributed by atoms with Gasteiger partial charge in [-0.3, -0.25) is 0 Å². The molecule has 0 saturated heterocycles. The Hall–Kier alpha value is -6.44. The molecule has 1 heteroatoms. The topological polar surface area (TPSA) is 13.1 Å². The maximum atomic E-state index is 6.07. The van der Waals surface area contributed by atoms with Gasteiger partial charge in [0.1, 0.15) is 11.2 Å². The summed E-state index contributed by atoms with van der Waals surface area (Å²) in [5.41, 5.74) is 19.1. The summed E-state index contributed by atoms with van der Waals surface area (Å²) in [6, 6.07) is 66.5. The minimum atomic E-state index is 0.151. The van der Waals surface area contributed by atoms with Crippen molar-refractivity contribution in [1.29, 1.82) is 0 Å². The molecule has 9 aromatic rings. The lowest BCUT2D eigenvalue weighted by Crippen LogP contribution is -2.14. The van der Waals surface area contributed by atoms with E-state index in [0.717, 1.165) is 16.7 Å². The molecule has 0 aliphatic heterocycles. The average Bonchev–Trinajstić information content (AvgIpc) is 3.71. The predicted molar refractivity (Wildman–Crippen MR) is 235 cm³/mol. The van der Waals surface area contributed by atoms with E-state index >= 15 is 0 Å². The molecule has 0 bridgehead atoms. The summed E-state index contributed by atoms with van der Waals surface area (Å²) in [4.78, 5) is 0. The Kier molecular flexibility index (Phi) is 9.79. The highest BCUT2D eigenvalue weighted by atomic mass is 16.3. The van der Waals surface area contributed by atoms with Gasteiger partial charge in [0.05, 0.1) is 0 Å². The summed E-state index contributed by atoms with van der Waals surface area (Å²) in [5, 5.41) is 2.36. The van der Waals surface area contributed by atoms with E-state index in [1.807, 2.05) is 12.1 Å². The third-order valence-corrected chi connectivity index (χ3v) is 10.8. The van der Waals surface area contributed by atoms with Gasteiger partial charge in [0.25, 0.3) is 0 Å². The van der Waals surface area contributed by atoms with Crippen LogP contribution in [0, 0.1) is 20.8 Å². The first-order valence-corrected chi connectivity index (χ1v) is 19.2. The Morgan fingerprint density at radius 2 is 0.891 bits per heavy atom. The standard InChI is InChI=1S/C19H14O.C19H16.C16H16/c1-13-9-11-14(12-10-13)15-6-4-7-17-16-5-2-3-8-18(16)20-19(15)17;1-15-12-18(16-8-4-2-5-9-16)14-19(13-15)17-10-6-3-7-11-17;1-11-8-9-13-12-6-4-5-7-14(12)16(2,3)15(13)10-11/h2-12H,1H3;2-14H,1H3;4-10H,1-3H3. The van der Waals surface area contributed by atoms with Crippen LogP contribution in [0.15, 0.2) is 192 Å². The minimum Gasteiger partial charge on any atom is -0.455 e. The number of fused-ring (bicyclic) bond motifs is 6. The van der Waals surface area contributed by atoms with E-state index in [0.29, 0.717) is 0 Å². The molecule has 0 unspecified atom stereocenters. The zero-order chi connectivity index (χ0) is 37.9. The van der Waals surface area contributed by atoms with E-state index in [1.54, 1.807) is 0 Å². The van der Waals surface area contributed by atoms with Gasteiger partial charge in [-0.1, -0.05) is 201 Å². The molecule has 10 rings (SSSR count). The average molecular weight is 711 g/mol. The van der Waals surface area contributed by atoms with E-state index in [1.165, 1.54) is 77.5 Å². The van der Waals surface area contributed by atoms with Gasteiger partial charge < -0.3 is 4.42 Å². The van der Waals surface area contributed by atoms with Crippen LogP contribution < -0.4 is 0 Å². The second-order valence-corrected chi connectivity index (χ2v) is 15.2. The van der Waals surface area contributed by atoms with Crippen LogP contribution in [-0.4, -0.2) is 0 Å². The molecule has 1 heterocycles. The summed E-state index contributed by atoms with van der Waals surface area (Å²) in [6.07, 6.45) is 0. The lowest BCUT2D eigenvalue weighted by atomic mass is 9.82. The number of para-hydroxylation sites is 2. The van der Waals surface area contributed by atoms with Gasteiger partial charge in [0, 0.05) is 21.8 Å². The van der Waals surface area contributed by atoms with Crippen molar-refractivity contribution in [3.05, 3.63) is 216 Å². The molecule has 0 amide bonds. The van der Waals surface area contributed by atoms with Crippen molar-refractivity contribution < 1.29 is 4.42 Å². The molecule has 0 N–H and O–H groups in total. The monoisotopic (exact) mass is 710 g/mol.